The van der Waals surface area contributed by atoms with Crippen molar-refractivity contribution in [2.75, 3.05) is 6.61 Å². The van der Waals surface area contributed by atoms with E-state index in [0.29, 0.717) is 18.1 Å². The van der Waals surface area contributed by atoms with E-state index < -0.39 is 10.0 Å². The van der Waals surface area contributed by atoms with Gasteiger partial charge in [0.15, 0.2) is 11.5 Å². The molecular weight excluding hydrogens is 326 g/mol. The Morgan fingerprint density at radius 2 is 1.67 bits per heavy atom. The van der Waals surface area contributed by atoms with E-state index in [9.17, 15) is 8.42 Å². The summed E-state index contributed by atoms with van der Waals surface area (Å²) in [6.45, 7) is 4.37. The largest absolute Gasteiger partial charge is 0.488 e. The number of ether oxygens (including phenoxy) is 2. The average Bonchev–Trinajstić information content (AvgIpc) is 2.55. The number of benzene rings is 2. The van der Waals surface area contributed by atoms with Gasteiger partial charge >= 0.3 is 0 Å². The number of hydrogen-bond donors (Lipinski definition) is 1. The molecule has 0 bridgehead atoms. The van der Waals surface area contributed by atoms with E-state index in [-0.39, 0.29) is 10.6 Å². The SMILES string of the molecule is CCCOc1c(S(N)(=O)=O)ccc(CCC)c1Oc1ccccc1. The first kappa shape index (κ1) is 18.3. The summed E-state index contributed by atoms with van der Waals surface area (Å²) in [7, 11) is -3.92. The molecule has 2 rings (SSSR count). The highest BCUT2D eigenvalue weighted by Crippen LogP contribution is 2.40. The highest BCUT2D eigenvalue weighted by Gasteiger charge is 2.23. The zero-order valence-electron chi connectivity index (χ0n) is 14.0. The fraction of sp³-hybridized carbons (Fsp3) is 0.333. The molecule has 0 amide bonds. The molecule has 0 saturated heterocycles. The highest BCUT2D eigenvalue weighted by molar-refractivity contribution is 7.89. The Morgan fingerprint density at radius 1 is 0.958 bits per heavy atom. The van der Waals surface area contributed by atoms with Gasteiger partial charge < -0.3 is 9.47 Å². The summed E-state index contributed by atoms with van der Waals surface area (Å²) in [6.07, 6.45) is 2.38. The Labute approximate surface area is 143 Å². The van der Waals surface area contributed by atoms with Gasteiger partial charge in [-0.15, -0.1) is 0 Å². The molecule has 0 radical (unpaired) electrons. The van der Waals surface area contributed by atoms with Gasteiger partial charge in [0.25, 0.3) is 0 Å². The summed E-state index contributed by atoms with van der Waals surface area (Å²) in [5.41, 5.74) is 0.889. The molecule has 0 fully saturated rings. The van der Waals surface area contributed by atoms with Crippen LogP contribution in [0.4, 0.5) is 0 Å². The van der Waals surface area contributed by atoms with Crippen LogP contribution in [0.1, 0.15) is 32.3 Å². The first-order valence-corrected chi connectivity index (χ1v) is 9.56. The normalized spacial score (nSPS) is 11.3. The van der Waals surface area contributed by atoms with E-state index in [1.165, 1.54) is 6.07 Å². The molecule has 24 heavy (non-hydrogen) atoms. The Balaban J connectivity index is 2.60. The molecule has 0 spiro atoms. The molecule has 0 atom stereocenters. The number of rotatable bonds is 8. The van der Waals surface area contributed by atoms with Crippen LogP contribution >= 0.6 is 0 Å². The summed E-state index contributed by atoms with van der Waals surface area (Å²) in [5, 5.41) is 5.35. The van der Waals surface area contributed by atoms with Crippen LogP contribution in [0.3, 0.4) is 0 Å². The summed E-state index contributed by atoms with van der Waals surface area (Å²) < 4.78 is 35.6. The Bertz CT molecular complexity index is 773. The first-order chi connectivity index (χ1) is 11.5. The quantitative estimate of drug-likeness (QED) is 0.785. The lowest BCUT2D eigenvalue weighted by molar-refractivity contribution is 0.292. The smallest absolute Gasteiger partial charge is 0.241 e. The molecule has 2 N–H and O–H groups in total. The average molecular weight is 349 g/mol. The standard InChI is InChI=1S/C18H23NO4S/c1-3-8-14-11-12-16(24(19,20)21)18(22-13-4-2)17(14)23-15-9-6-5-7-10-15/h5-7,9-12H,3-4,8,13H2,1-2H3,(H2,19,20,21). The second-order valence-electron chi connectivity index (χ2n) is 5.44. The molecule has 0 aliphatic carbocycles. The summed E-state index contributed by atoms with van der Waals surface area (Å²) in [4.78, 5) is -0.0539. The van der Waals surface area contributed by atoms with Gasteiger partial charge in [0.2, 0.25) is 10.0 Å². The van der Waals surface area contributed by atoms with Crippen LogP contribution in [0.2, 0.25) is 0 Å². The molecular formula is C18H23NO4S. The predicted octanol–water partition coefficient (Wildman–Crippen LogP) is 3.87. The third-order valence-electron chi connectivity index (χ3n) is 3.40. The number of hydrogen-bond acceptors (Lipinski definition) is 4. The van der Waals surface area contributed by atoms with Crippen molar-refractivity contribution in [3.63, 3.8) is 0 Å². The highest BCUT2D eigenvalue weighted by atomic mass is 32.2. The van der Waals surface area contributed by atoms with Crippen molar-refractivity contribution >= 4 is 10.0 Å². The van der Waals surface area contributed by atoms with Crippen molar-refractivity contribution in [2.45, 2.75) is 38.0 Å². The van der Waals surface area contributed by atoms with E-state index >= 15 is 0 Å². The van der Waals surface area contributed by atoms with Crippen LogP contribution in [0.5, 0.6) is 17.2 Å². The van der Waals surface area contributed by atoms with Crippen molar-refractivity contribution in [1.82, 2.24) is 0 Å². The van der Waals surface area contributed by atoms with E-state index in [0.717, 1.165) is 24.8 Å². The minimum atomic E-state index is -3.92. The van der Waals surface area contributed by atoms with Crippen molar-refractivity contribution in [1.29, 1.82) is 0 Å². The molecule has 5 nitrogen and oxygen atoms in total. The molecule has 0 saturated carbocycles. The van der Waals surface area contributed by atoms with Crippen molar-refractivity contribution in [3.05, 3.63) is 48.0 Å². The predicted molar refractivity (Wildman–Crippen MR) is 94.1 cm³/mol. The maximum absolute atomic E-state index is 11.9. The maximum Gasteiger partial charge on any atom is 0.241 e. The van der Waals surface area contributed by atoms with Gasteiger partial charge in [-0.25, -0.2) is 13.6 Å². The molecule has 0 aliphatic heterocycles. The molecule has 2 aromatic rings. The van der Waals surface area contributed by atoms with Gasteiger partial charge in [-0.3, -0.25) is 0 Å². The van der Waals surface area contributed by atoms with Gasteiger partial charge in [0, 0.05) is 0 Å². The lowest BCUT2D eigenvalue weighted by Gasteiger charge is -2.18. The Hall–Kier alpha value is -2.05. The van der Waals surface area contributed by atoms with Gasteiger partial charge in [0.05, 0.1) is 6.61 Å². The second kappa shape index (κ2) is 8.17. The number of primary sulfonamides is 1. The minimum absolute atomic E-state index is 0.0539. The molecule has 0 aromatic heterocycles. The van der Waals surface area contributed by atoms with Crippen molar-refractivity contribution < 1.29 is 17.9 Å². The van der Waals surface area contributed by atoms with E-state index in [1.807, 2.05) is 44.2 Å². The molecule has 130 valence electrons. The summed E-state index contributed by atoms with van der Waals surface area (Å²) >= 11 is 0. The molecule has 0 unspecified atom stereocenters. The van der Waals surface area contributed by atoms with Crippen LogP contribution in [0.25, 0.3) is 0 Å². The van der Waals surface area contributed by atoms with E-state index in [4.69, 9.17) is 14.6 Å². The fourth-order valence-corrected chi connectivity index (χ4v) is 3.00. The zero-order valence-corrected chi connectivity index (χ0v) is 14.8. The van der Waals surface area contributed by atoms with Gasteiger partial charge in [0.1, 0.15) is 10.6 Å². The number of aryl methyl sites for hydroxylation is 1. The Kier molecular flexibility index (Phi) is 6.23. The third kappa shape index (κ3) is 4.49. The minimum Gasteiger partial charge on any atom is -0.488 e. The number of para-hydroxylation sites is 1. The first-order valence-electron chi connectivity index (χ1n) is 8.01. The fourth-order valence-electron chi connectivity index (χ4n) is 2.33. The lowest BCUT2D eigenvalue weighted by atomic mass is 10.1. The molecule has 6 heteroatoms. The van der Waals surface area contributed by atoms with Gasteiger partial charge in [-0.1, -0.05) is 44.5 Å². The zero-order chi connectivity index (χ0) is 17.6. The number of nitrogens with two attached hydrogens (primary N) is 1. The topological polar surface area (TPSA) is 78.6 Å². The number of sulfonamides is 1. The molecule has 2 aromatic carbocycles. The van der Waals surface area contributed by atoms with Gasteiger partial charge in [-0.2, -0.15) is 0 Å². The van der Waals surface area contributed by atoms with E-state index in [1.54, 1.807) is 6.07 Å². The monoisotopic (exact) mass is 349 g/mol. The Morgan fingerprint density at radius 3 is 2.25 bits per heavy atom. The van der Waals surface area contributed by atoms with Gasteiger partial charge in [-0.05, 0) is 36.6 Å². The molecule has 0 aliphatic rings. The van der Waals surface area contributed by atoms with Crippen LogP contribution < -0.4 is 14.6 Å². The van der Waals surface area contributed by atoms with Crippen LogP contribution in [-0.2, 0) is 16.4 Å². The molecule has 0 heterocycles. The third-order valence-corrected chi connectivity index (χ3v) is 4.33. The van der Waals surface area contributed by atoms with Crippen LogP contribution in [0, 0.1) is 0 Å². The second-order valence-corrected chi connectivity index (χ2v) is 6.97. The van der Waals surface area contributed by atoms with E-state index in [2.05, 4.69) is 0 Å². The summed E-state index contributed by atoms with van der Waals surface area (Å²) in [5.74, 6) is 1.22. The lowest BCUT2D eigenvalue weighted by Crippen LogP contribution is -2.15. The van der Waals surface area contributed by atoms with Crippen LogP contribution in [0.15, 0.2) is 47.4 Å². The van der Waals surface area contributed by atoms with Crippen LogP contribution in [-0.4, -0.2) is 15.0 Å². The summed E-state index contributed by atoms with van der Waals surface area (Å²) in [6, 6.07) is 12.4. The van der Waals surface area contributed by atoms with Crippen molar-refractivity contribution in [2.24, 2.45) is 5.14 Å². The maximum atomic E-state index is 11.9. The van der Waals surface area contributed by atoms with Crippen molar-refractivity contribution in [3.8, 4) is 17.2 Å².